The predicted molar refractivity (Wildman–Crippen MR) is 136 cm³/mol. The number of unbranched alkanes of at least 4 members (excludes halogenated alkanes) is 1. The Bertz CT molecular complexity index is 1260. The number of rotatable bonds is 13. The van der Waals surface area contributed by atoms with E-state index in [9.17, 15) is 19.2 Å². The van der Waals surface area contributed by atoms with Crippen molar-refractivity contribution in [1.29, 1.82) is 0 Å². The number of fused-ring (bicyclic) bond motifs is 1. The second-order valence-corrected chi connectivity index (χ2v) is 9.10. The van der Waals surface area contributed by atoms with Gasteiger partial charge in [-0.25, -0.2) is 4.79 Å². The van der Waals surface area contributed by atoms with E-state index in [2.05, 4.69) is 20.3 Å². The maximum absolute atomic E-state index is 12.9. The number of hydrogen-bond acceptors (Lipinski definition) is 9. The molecule has 0 unspecified atom stereocenters. The number of ether oxygens (including phenoxy) is 2. The molecule has 3 heterocycles. The van der Waals surface area contributed by atoms with Crippen LogP contribution in [0.15, 0.2) is 22.3 Å². The molecule has 3 aromatic heterocycles. The average molecular weight is 518 g/mol. The molecule has 1 atom stereocenters. The standard InChI is InChI=1S/C24H31N5O6S/c1-3-34-19(30)10-9-17(23(33)35-4-2)27-21(31)15-11-12-36-18(15)8-6-5-7-14-13-16-20(26-14)28-24(25)29-22(16)32/h11-13,17H,3-10H2,1-2H3,(H,27,31)(H4,25,26,28,29,32)/t17-/m0/s1. The van der Waals surface area contributed by atoms with Crippen molar-refractivity contribution in [3.05, 3.63) is 44.0 Å². The van der Waals surface area contributed by atoms with E-state index in [1.54, 1.807) is 26.0 Å². The highest BCUT2D eigenvalue weighted by atomic mass is 32.1. The molecule has 0 radical (unpaired) electrons. The summed E-state index contributed by atoms with van der Waals surface area (Å²) in [6.45, 7) is 3.80. The lowest BCUT2D eigenvalue weighted by molar-refractivity contribution is -0.146. The van der Waals surface area contributed by atoms with Crippen LogP contribution in [0.5, 0.6) is 0 Å². The smallest absolute Gasteiger partial charge is 0.328 e. The summed E-state index contributed by atoms with van der Waals surface area (Å²) in [4.78, 5) is 59.6. The summed E-state index contributed by atoms with van der Waals surface area (Å²) >= 11 is 1.47. The van der Waals surface area contributed by atoms with Crippen molar-refractivity contribution in [3.63, 3.8) is 0 Å². The van der Waals surface area contributed by atoms with Crippen LogP contribution in [0.4, 0.5) is 5.95 Å². The summed E-state index contributed by atoms with van der Waals surface area (Å²) in [6.07, 6.45) is 3.11. The largest absolute Gasteiger partial charge is 0.466 e. The molecule has 0 aliphatic rings. The van der Waals surface area contributed by atoms with Crippen molar-refractivity contribution >= 4 is 46.2 Å². The van der Waals surface area contributed by atoms with Gasteiger partial charge in [0.2, 0.25) is 5.95 Å². The van der Waals surface area contributed by atoms with Gasteiger partial charge in [0.25, 0.3) is 11.5 Å². The lowest BCUT2D eigenvalue weighted by atomic mass is 10.1. The third-order valence-electron chi connectivity index (χ3n) is 5.48. The van der Waals surface area contributed by atoms with Gasteiger partial charge in [-0.05, 0) is 63.5 Å². The summed E-state index contributed by atoms with van der Waals surface area (Å²) < 4.78 is 9.98. The molecule has 0 saturated carbocycles. The zero-order chi connectivity index (χ0) is 26.1. The first kappa shape index (κ1) is 26.9. The Kier molecular flexibility index (Phi) is 9.62. The summed E-state index contributed by atoms with van der Waals surface area (Å²) in [5.41, 5.74) is 7.16. The lowest BCUT2D eigenvalue weighted by Crippen LogP contribution is -2.42. The fourth-order valence-corrected chi connectivity index (χ4v) is 4.71. The Balaban J connectivity index is 1.56. The number of nitrogens with two attached hydrogens (primary N) is 1. The number of anilines is 1. The quantitative estimate of drug-likeness (QED) is 0.198. The Morgan fingerprint density at radius 1 is 1.14 bits per heavy atom. The van der Waals surface area contributed by atoms with Crippen molar-refractivity contribution < 1.29 is 23.9 Å². The van der Waals surface area contributed by atoms with E-state index in [0.29, 0.717) is 29.4 Å². The van der Waals surface area contributed by atoms with Gasteiger partial charge in [-0.1, -0.05) is 0 Å². The number of carbonyl (C=O) groups excluding carboxylic acids is 3. The molecule has 0 aromatic carbocycles. The predicted octanol–water partition coefficient (Wildman–Crippen LogP) is 2.47. The zero-order valence-corrected chi connectivity index (χ0v) is 21.2. The van der Waals surface area contributed by atoms with Crippen LogP contribution in [-0.4, -0.2) is 52.1 Å². The van der Waals surface area contributed by atoms with Gasteiger partial charge in [-0.15, -0.1) is 11.3 Å². The Labute approximate surface area is 211 Å². The molecular weight excluding hydrogens is 486 g/mol. The lowest BCUT2D eigenvalue weighted by Gasteiger charge is -2.17. The molecular formula is C24H31N5O6S. The summed E-state index contributed by atoms with van der Waals surface area (Å²) in [6, 6.07) is 2.56. The molecule has 1 amide bonds. The Morgan fingerprint density at radius 3 is 2.64 bits per heavy atom. The Hall–Kier alpha value is -3.67. The number of nitrogens with one attached hydrogen (secondary N) is 3. The fourth-order valence-electron chi connectivity index (χ4n) is 3.79. The van der Waals surface area contributed by atoms with Crippen LogP contribution < -0.4 is 16.6 Å². The summed E-state index contributed by atoms with van der Waals surface area (Å²) in [7, 11) is 0. The first-order valence-corrected chi connectivity index (χ1v) is 12.8. The van der Waals surface area contributed by atoms with Gasteiger partial charge in [-0.3, -0.25) is 19.4 Å². The molecule has 0 fully saturated rings. The second-order valence-electron chi connectivity index (χ2n) is 8.09. The molecule has 3 rings (SSSR count). The molecule has 36 heavy (non-hydrogen) atoms. The SMILES string of the molecule is CCOC(=O)CC[C@H](NC(=O)c1ccsc1CCCCc1cc2c(=O)[nH]c(N)nc2[nH]1)C(=O)OCC. The van der Waals surface area contributed by atoms with Gasteiger partial charge in [0, 0.05) is 17.0 Å². The van der Waals surface area contributed by atoms with Gasteiger partial charge in [-0.2, -0.15) is 4.98 Å². The van der Waals surface area contributed by atoms with Gasteiger partial charge in [0.1, 0.15) is 11.7 Å². The molecule has 5 N–H and O–H groups in total. The number of nitrogen functional groups attached to an aromatic ring is 1. The number of H-pyrrole nitrogens is 2. The van der Waals surface area contributed by atoms with Crippen LogP contribution in [0.3, 0.4) is 0 Å². The minimum Gasteiger partial charge on any atom is -0.466 e. The number of amides is 1. The third-order valence-corrected chi connectivity index (χ3v) is 6.46. The molecule has 3 aromatic rings. The fraction of sp³-hybridized carbons (Fsp3) is 0.458. The number of esters is 2. The zero-order valence-electron chi connectivity index (χ0n) is 20.3. The van der Waals surface area contributed by atoms with Crippen molar-refractivity contribution in [1.82, 2.24) is 20.3 Å². The molecule has 0 spiro atoms. The monoisotopic (exact) mass is 517 g/mol. The molecule has 194 valence electrons. The number of carbonyl (C=O) groups is 3. The number of aromatic nitrogens is 3. The van der Waals surface area contributed by atoms with Crippen LogP contribution >= 0.6 is 11.3 Å². The highest BCUT2D eigenvalue weighted by Crippen LogP contribution is 2.21. The topological polar surface area (TPSA) is 169 Å². The highest BCUT2D eigenvalue weighted by molar-refractivity contribution is 7.10. The average Bonchev–Trinajstić information content (AvgIpc) is 3.46. The summed E-state index contributed by atoms with van der Waals surface area (Å²) in [5.74, 6) is -1.33. The van der Waals surface area contributed by atoms with E-state index in [1.807, 2.05) is 5.38 Å². The number of nitrogens with zero attached hydrogens (tertiary/aromatic N) is 1. The molecule has 0 bridgehead atoms. The minimum absolute atomic E-state index is 0.00414. The van der Waals surface area contributed by atoms with Crippen LogP contribution in [0.25, 0.3) is 11.0 Å². The molecule has 0 aliphatic heterocycles. The number of aryl methyl sites for hydroxylation is 2. The first-order valence-electron chi connectivity index (χ1n) is 11.9. The number of hydrogen-bond donors (Lipinski definition) is 4. The van der Waals surface area contributed by atoms with Crippen molar-refractivity contribution in [3.8, 4) is 0 Å². The van der Waals surface area contributed by atoms with Crippen LogP contribution in [0.1, 0.15) is 60.5 Å². The summed E-state index contributed by atoms with van der Waals surface area (Å²) in [5, 5.41) is 5.02. The van der Waals surface area contributed by atoms with E-state index >= 15 is 0 Å². The van der Waals surface area contributed by atoms with Crippen molar-refractivity contribution in [2.75, 3.05) is 18.9 Å². The van der Waals surface area contributed by atoms with Crippen molar-refractivity contribution in [2.24, 2.45) is 0 Å². The van der Waals surface area contributed by atoms with Gasteiger partial charge in [0.15, 0.2) is 0 Å². The van der Waals surface area contributed by atoms with E-state index in [-0.39, 0.29) is 43.5 Å². The van der Waals surface area contributed by atoms with E-state index in [4.69, 9.17) is 15.2 Å². The molecule has 0 aliphatic carbocycles. The van der Waals surface area contributed by atoms with E-state index in [0.717, 1.165) is 23.4 Å². The van der Waals surface area contributed by atoms with Gasteiger partial charge < -0.3 is 25.5 Å². The highest BCUT2D eigenvalue weighted by Gasteiger charge is 2.25. The number of thiophene rings is 1. The maximum atomic E-state index is 12.9. The van der Waals surface area contributed by atoms with Gasteiger partial charge in [0.05, 0.1) is 24.2 Å². The maximum Gasteiger partial charge on any atom is 0.328 e. The van der Waals surface area contributed by atoms with E-state index < -0.39 is 18.0 Å². The van der Waals surface area contributed by atoms with Crippen LogP contribution in [0, 0.1) is 0 Å². The first-order chi connectivity index (χ1) is 17.3. The Morgan fingerprint density at radius 2 is 1.89 bits per heavy atom. The number of aromatic amines is 2. The van der Waals surface area contributed by atoms with Gasteiger partial charge >= 0.3 is 11.9 Å². The molecule has 11 nitrogen and oxygen atoms in total. The second kappa shape index (κ2) is 12.9. The van der Waals surface area contributed by atoms with Crippen LogP contribution in [-0.2, 0) is 31.9 Å². The minimum atomic E-state index is -0.942. The molecule has 12 heteroatoms. The van der Waals surface area contributed by atoms with E-state index in [1.165, 1.54) is 11.3 Å². The van der Waals surface area contributed by atoms with Crippen LogP contribution in [0.2, 0.25) is 0 Å². The third kappa shape index (κ3) is 7.17. The normalized spacial score (nSPS) is 11.8. The van der Waals surface area contributed by atoms with Crippen molar-refractivity contribution in [2.45, 2.75) is 58.4 Å². The molecule has 0 saturated heterocycles.